The lowest BCUT2D eigenvalue weighted by molar-refractivity contribution is -0.137. The third-order valence-electron chi connectivity index (χ3n) is 2.66. The summed E-state index contributed by atoms with van der Waals surface area (Å²) >= 11 is 1.27. The number of aromatic nitrogens is 2. The lowest BCUT2D eigenvalue weighted by Gasteiger charge is -2.07. The number of carbonyl (C=O) groups is 1. The lowest BCUT2D eigenvalue weighted by Crippen LogP contribution is -2.14. The minimum atomic E-state index is -4.37. The van der Waals surface area contributed by atoms with E-state index in [4.69, 9.17) is 0 Å². The SMILES string of the molecule is CCc1nnc(NC(=O)Cc2ccc(C(F)(F)F)cc2)s1. The third kappa shape index (κ3) is 4.25. The number of alkyl halides is 3. The van der Waals surface area contributed by atoms with Gasteiger partial charge in [0.2, 0.25) is 11.0 Å². The predicted octanol–water partition coefficient (Wildman–Crippen LogP) is 3.30. The van der Waals surface area contributed by atoms with E-state index in [1.807, 2.05) is 6.92 Å². The quantitative estimate of drug-likeness (QED) is 0.942. The Labute approximate surface area is 123 Å². The fourth-order valence-electron chi connectivity index (χ4n) is 1.61. The van der Waals surface area contributed by atoms with Crippen LogP contribution in [-0.4, -0.2) is 16.1 Å². The largest absolute Gasteiger partial charge is 0.416 e. The number of hydrogen-bond acceptors (Lipinski definition) is 4. The van der Waals surface area contributed by atoms with Crippen LogP contribution in [0.4, 0.5) is 18.3 Å². The summed E-state index contributed by atoms with van der Waals surface area (Å²) in [5.41, 5.74) is -0.232. The zero-order valence-corrected chi connectivity index (χ0v) is 11.9. The van der Waals surface area contributed by atoms with Crippen molar-refractivity contribution in [1.29, 1.82) is 0 Å². The van der Waals surface area contributed by atoms with Gasteiger partial charge in [-0.05, 0) is 24.1 Å². The molecule has 0 unspecified atom stereocenters. The fourth-order valence-corrected chi connectivity index (χ4v) is 2.30. The molecular weight excluding hydrogens is 303 g/mol. The number of carbonyl (C=O) groups excluding carboxylic acids is 1. The standard InChI is InChI=1S/C13H12F3N3OS/c1-2-11-18-19-12(21-11)17-10(20)7-8-3-5-9(6-4-8)13(14,15)16/h3-6H,2,7H2,1H3,(H,17,19,20). The van der Waals surface area contributed by atoms with Crippen LogP contribution in [0, 0.1) is 0 Å². The Morgan fingerprint density at radius 3 is 2.43 bits per heavy atom. The van der Waals surface area contributed by atoms with E-state index in [1.165, 1.54) is 23.5 Å². The Hall–Kier alpha value is -1.96. The van der Waals surface area contributed by atoms with Crippen molar-refractivity contribution in [2.45, 2.75) is 25.9 Å². The molecule has 1 aromatic carbocycles. The van der Waals surface area contributed by atoms with Crippen LogP contribution < -0.4 is 5.32 Å². The number of nitrogens with one attached hydrogen (secondary N) is 1. The Bertz CT molecular complexity index is 622. The number of nitrogens with zero attached hydrogens (tertiary/aromatic N) is 2. The second-order valence-electron chi connectivity index (χ2n) is 4.27. The average molecular weight is 315 g/mol. The van der Waals surface area contributed by atoms with Crippen molar-refractivity contribution in [2.75, 3.05) is 5.32 Å². The summed E-state index contributed by atoms with van der Waals surface area (Å²) in [6.07, 6.45) is -3.66. The van der Waals surface area contributed by atoms with Crippen LogP contribution in [-0.2, 0) is 23.8 Å². The molecule has 8 heteroatoms. The van der Waals surface area contributed by atoms with Crippen molar-refractivity contribution in [3.05, 3.63) is 40.4 Å². The summed E-state index contributed by atoms with van der Waals surface area (Å²) < 4.78 is 37.2. The van der Waals surface area contributed by atoms with Gasteiger partial charge in [-0.3, -0.25) is 4.79 Å². The van der Waals surface area contributed by atoms with E-state index in [9.17, 15) is 18.0 Å². The molecule has 0 spiro atoms. The molecular formula is C13H12F3N3OS. The monoisotopic (exact) mass is 315 g/mol. The molecule has 1 heterocycles. The molecule has 21 heavy (non-hydrogen) atoms. The van der Waals surface area contributed by atoms with Gasteiger partial charge in [-0.2, -0.15) is 13.2 Å². The zero-order valence-electron chi connectivity index (χ0n) is 11.1. The summed E-state index contributed by atoms with van der Waals surface area (Å²) in [6, 6.07) is 4.51. The average Bonchev–Trinajstić information content (AvgIpc) is 2.85. The molecule has 0 aliphatic heterocycles. The molecule has 1 N–H and O–H groups in total. The molecule has 0 aliphatic carbocycles. The van der Waals surface area contributed by atoms with Gasteiger partial charge in [0.25, 0.3) is 0 Å². The van der Waals surface area contributed by atoms with Gasteiger partial charge in [-0.25, -0.2) is 0 Å². The molecule has 0 bridgehead atoms. The first kappa shape index (κ1) is 15.4. The first-order valence-corrected chi connectivity index (χ1v) is 6.98. The molecule has 2 aromatic rings. The van der Waals surface area contributed by atoms with E-state index in [0.29, 0.717) is 10.7 Å². The van der Waals surface area contributed by atoms with Gasteiger partial charge in [0.1, 0.15) is 5.01 Å². The van der Waals surface area contributed by atoms with Crippen LogP contribution >= 0.6 is 11.3 Å². The summed E-state index contributed by atoms with van der Waals surface area (Å²) in [4.78, 5) is 11.8. The zero-order chi connectivity index (χ0) is 15.5. The molecule has 0 saturated heterocycles. The summed E-state index contributed by atoms with van der Waals surface area (Å²) in [7, 11) is 0. The Balaban J connectivity index is 1.96. The van der Waals surface area contributed by atoms with E-state index < -0.39 is 11.7 Å². The molecule has 1 aromatic heterocycles. The van der Waals surface area contributed by atoms with Crippen LogP contribution in [0.15, 0.2) is 24.3 Å². The maximum absolute atomic E-state index is 12.4. The number of aryl methyl sites for hydroxylation is 1. The van der Waals surface area contributed by atoms with Crippen LogP contribution in [0.1, 0.15) is 23.1 Å². The first-order valence-electron chi connectivity index (χ1n) is 6.17. The van der Waals surface area contributed by atoms with Gasteiger partial charge < -0.3 is 5.32 Å². The van der Waals surface area contributed by atoms with Crippen molar-refractivity contribution in [1.82, 2.24) is 10.2 Å². The van der Waals surface area contributed by atoms with Gasteiger partial charge >= 0.3 is 6.18 Å². The van der Waals surface area contributed by atoms with Gasteiger partial charge in [0, 0.05) is 0 Å². The van der Waals surface area contributed by atoms with E-state index in [2.05, 4.69) is 15.5 Å². The maximum atomic E-state index is 12.4. The molecule has 0 saturated carbocycles. The lowest BCUT2D eigenvalue weighted by atomic mass is 10.1. The highest BCUT2D eigenvalue weighted by Gasteiger charge is 2.29. The third-order valence-corrected chi connectivity index (χ3v) is 3.64. The number of halogens is 3. The molecule has 2 rings (SSSR count). The molecule has 0 aliphatic rings. The molecule has 1 amide bonds. The van der Waals surface area contributed by atoms with Crippen LogP contribution in [0.5, 0.6) is 0 Å². The summed E-state index contributed by atoms with van der Waals surface area (Å²) in [6.45, 7) is 1.92. The second-order valence-corrected chi connectivity index (χ2v) is 5.34. The van der Waals surface area contributed by atoms with Crippen molar-refractivity contribution >= 4 is 22.4 Å². The van der Waals surface area contributed by atoms with E-state index in [-0.39, 0.29) is 12.3 Å². The number of rotatable bonds is 4. The minimum absolute atomic E-state index is 0.0147. The maximum Gasteiger partial charge on any atom is 0.416 e. The predicted molar refractivity (Wildman–Crippen MR) is 73.1 cm³/mol. The Kier molecular flexibility index (Phi) is 4.56. The Morgan fingerprint density at radius 1 is 1.24 bits per heavy atom. The molecule has 112 valence electrons. The van der Waals surface area contributed by atoms with Gasteiger partial charge in [-0.15, -0.1) is 10.2 Å². The van der Waals surface area contributed by atoms with Crippen molar-refractivity contribution in [3.8, 4) is 0 Å². The van der Waals surface area contributed by atoms with Crippen molar-refractivity contribution in [2.24, 2.45) is 0 Å². The normalized spacial score (nSPS) is 11.4. The molecule has 0 fully saturated rings. The van der Waals surface area contributed by atoms with Crippen LogP contribution in [0.25, 0.3) is 0 Å². The first-order chi connectivity index (χ1) is 9.88. The molecule has 0 radical (unpaired) electrons. The molecule has 0 atom stereocenters. The van der Waals surface area contributed by atoms with Crippen molar-refractivity contribution < 1.29 is 18.0 Å². The smallest absolute Gasteiger partial charge is 0.300 e. The van der Waals surface area contributed by atoms with Crippen LogP contribution in [0.3, 0.4) is 0 Å². The number of hydrogen-bond donors (Lipinski definition) is 1. The number of amides is 1. The van der Waals surface area contributed by atoms with Gasteiger partial charge in [0.15, 0.2) is 0 Å². The van der Waals surface area contributed by atoms with Gasteiger partial charge in [0.05, 0.1) is 12.0 Å². The second kappa shape index (κ2) is 6.21. The van der Waals surface area contributed by atoms with E-state index >= 15 is 0 Å². The highest BCUT2D eigenvalue weighted by Crippen LogP contribution is 2.29. The topological polar surface area (TPSA) is 54.9 Å². The molecule has 4 nitrogen and oxygen atoms in total. The van der Waals surface area contributed by atoms with E-state index in [1.54, 1.807) is 0 Å². The van der Waals surface area contributed by atoms with Crippen molar-refractivity contribution in [3.63, 3.8) is 0 Å². The van der Waals surface area contributed by atoms with Gasteiger partial charge in [-0.1, -0.05) is 30.4 Å². The number of benzene rings is 1. The summed E-state index contributed by atoms with van der Waals surface area (Å²) in [5, 5.41) is 11.4. The Morgan fingerprint density at radius 2 is 1.90 bits per heavy atom. The highest BCUT2D eigenvalue weighted by molar-refractivity contribution is 7.15. The highest BCUT2D eigenvalue weighted by atomic mass is 32.1. The van der Waals surface area contributed by atoms with E-state index in [0.717, 1.165) is 23.6 Å². The number of anilines is 1. The summed E-state index contributed by atoms with van der Waals surface area (Å²) in [5.74, 6) is -0.339. The fraction of sp³-hybridized carbons (Fsp3) is 0.308. The van der Waals surface area contributed by atoms with Crippen LogP contribution in [0.2, 0.25) is 0 Å². The minimum Gasteiger partial charge on any atom is -0.300 e.